The van der Waals surface area contributed by atoms with E-state index in [0.29, 0.717) is 30.3 Å². The molecule has 3 rings (SSSR count). The number of likely N-dealkylation sites (tertiary alicyclic amines) is 1. The second-order valence-electron chi connectivity index (χ2n) is 5.65. The number of hydrogen-bond donors (Lipinski definition) is 1. The van der Waals surface area contributed by atoms with Gasteiger partial charge in [0.05, 0.1) is 20.3 Å². The lowest BCUT2D eigenvalue weighted by Crippen LogP contribution is -2.42. The monoisotopic (exact) mass is 348 g/mol. The van der Waals surface area contributed by atoms with E-state index in [9.17, 15) is 9.90 Å². The first kappa shape index (κ1) is 16.7. The summed E-state index contributed by atoms with van der Waals surface area (Å²) in [7, 11) is 3.17. The average Bonchev–Trinajstić information content (AvgIpc) is 3.10. The van der Waals surface area contributed by atoms with E-state index in [0.717, 1.165) is 23.4 Å². The van der Waals surface area contributed by atoms with Crippen molar-refractivity contribution < 1.29 is 19.4 Å². The van der Waals surface area contributed by atoms with Gasteiger partial charge in [-0.15, -0.1) is 11.3 Å². The molecule has 1 saturated heterocycles. The maximum atomic E-state index is 12.5. The summed E-state index contributed by atoms with van der Waals surface area (Å²) in [6, 6.07) is 5.55. The van der Waals surface area contributed by atoms with Crippen LogP contribution in [-0.2, 0) is 0 Å². The van der Waals surface area contributed by atoms with Crippen molar-refractivity contribution in [1.29, 1.82) is 0 Å². The molecule has 0 radical (unpaired) electrons. The first-order valence-electron chi connectivity index (χ1n) is 7.77. The van der Waals surface area contributed by atoms with Crippen molar-refractivity contribution in [3.8, 4) is 22.1 Å². The maximum absolute atomic E-state index is 12.5. The van der Waals surface area contributed by atoms with Crippen molar-refractivity contribution in [1.82, 2.24) is 9.88 Å². The van der Waals surface area contributed by atoms with E-state index in [1.165, 1.54) is 11.3 Å². The van der Waals surface area contributed by atoms with E-state index in [-0.39, 0.29) is 5.91 Å². The van der Waals surface area contributed by atoms with E-state index in [1.807, 2.05) is 18.2 Å². The van der Waals surface area contributed by atoms with E-state index in [4.69, 9.17) is 9.47 Å². The van der Waals surface area contributed by atoms with Crippen LogP contribution in [0.1, 0.15) is 23.3 Å². The van der Waals surface area contributed by atoms with Crippen molar-refractivity contribution in [2.75, 3.05) is 27.3 Å². The molecule has 0 saturated carbocycles. The number of aliphatic hydroxyl groups excluding tert-OH is 1. The van der Waals surface area contributed by atoms with Crippen LogP contribution in [0.25, 0.3) is 10.6 Å². The van der Waals surface area contributed by atoms with Gasteiger partial charge in [-0.1, -0.05) is 0 Å². The quantitative estimate of drug-likeness (QED) is 0.919. The molecule has 1 unspecified atom stereocenters. The Morgan fingerprint density at radius 2 is 2.12 bits per heavy atom. The number of ether oxygens (including phenoxy) is 2. The number of aromatic nitrogens is 1. The van der Waals surface area contributed by atoms with Crippen molar-refractivity contribution in [3.63, 3.8) is 0 Å². The molecular weight excluding hydrogens is 328 g/mol. The van der Waals surface area contributed by atoms with Crippen molar-refractivity contribution in [2.45, 2.75) is 18.9 Å². The molecule has 2 aromatic rings. The fourth-order valence-corrected chi connectivity index (χ4v) is 3.57. The zero-order valence-corrected chi connectivity index (χ0v) is 14.5. The minimum Gasteiger partial charge on any atom is -0.493 e. The van der Waals surface area contributed by atoms with Crippen molar-refractivity contribution in [3.05, 3.63) is 29.3 Å². The van der Waals surface area contributed by atoms with E-state index >= 15 is 0 Å². The number of methoxy groups -OCH3 is 2. The van der Waals surface area contributed by atoms with Gasteiger partial charge in [0.2, 0.25) is 0 Å². The number of thiazole rings is 1. The van der Waals surface area contributed by atoms with Crippen molar-refractivity contribution in [2.24, 2.45) is 0 Å². The minimum absolute atomic E-state index is 0.128. The third-order valence-corrected chi connectivity index (χ3v) is 4.93. The standard InChI is InChI=1S/C17H20N2O4S/c1-22-14-6-5-11(8-15(14)23-2)16-18-13(10-24-16)17(21)19-7-3-4-12(20)9-19/h5-6,8,10,12,20H,3-4,7,9H2,1-2H3. The molecule has 1 amide bonds. The Hall–Kier alpha value is -2.12. The number of hydrogen-bond acceptors (Lipinski definition) is 6. The van der Waals surface area contributed by atoms with Crippen LogP contribution in [0.2, 0.25) is 0 Å². The van der Waals surface area contributed by atoms with Gasteiger partial charge < -0.3 is 19.5 Å². The summed E-state index contributed by atoms with van der Waals surface area (Å²) >= 11 is 1.41. The average molecular weight is 348 g/mol. The molecule has 1 fully saturated rings. The fourth-order valence-electron chi connectivity index (χ4n) is 2.78. The molecule has 1 aromatic carbocycles. The minimum atomic E-state index is -0.438. The van der Waals surface area contributed by atoms with Gasteiger partial charge in [-0.25, -0.2) is 4.98 Å². The fraction of sp³-hybridized carbons (Fsp3) is 0.412. The molecule has 1 aromatic heterocycles. The number of carbonyl (C=O) groups excluding carboxylic acids is 1. The van der Waals surface area contributed by atoms with Crippen LogP contribution in [0.5, 0.6) is 11.5 Å². The number of carbonyl (C=O) groups is 1. The van der Waals surface area contributed by atoms with Crippen LogP contribution in [0, 0.1) is 0 Å². The summed E-state index contributed by atoms with van der Waals surface area (Å²) in [5, 5.41) is 12.2. The zero-order chi connectivity index (χ0) is 17.1. The third kappa shape index (κ3) is 3.37. The third-order valence-electron chi connectivity index (χ3n) is 4.04. The number of benzene rings is 1. The summed E-state index contributed by atoms with van der Waals surface area (Å²) < 4.78 is 10.5. The summed E-state index contributed by atoms with van der Waals surface area (Å²) in [4.78, 5) is 18.7. The Morgan fingerprint density at radius 1 is 1.33 bits per heavy atom. The van der Waals surface area contributed by atoms with Gasteiger partial charge in [0, 0.05) is 24.0 Å². The molecule has 1 aliphatic heterocycles. The number of piperidine rings is 1. The largest absolute Gasteiger partial charge is 0.493 e. The number of aliphatic hydroxyl groups is 1. The Kier molecular flexibility index (Phi) is 5.01. The van der Waals surface area contributed by atoms with Crippen molar-refractivity contribution >= 4 is 17.2 Å². The van der Waals surface area contributed by atoms with Gasteiger partial charge in [-0.2, -0.15) is 0 Å². The van der Waals surface area contributed by atoms with E-state index < -0.39 is 6.10 Å². The lowest BCUT2D eigenvalue weighted by Gasteiger charge is -2.29. The van der Waals surface area contributed by atoms with Crippen LogP contribution in [0.4, 0.5) is 0 Å². The van der Waals surface area contributed by atoms with Crippen LogP contribution in [0.3, 0.4) is 0 Å². The molecule has 0 spiro atoms. The predicted octanol–water partition coefficient (Wildman–Crippen LogP) is 2.42. The molecule has 2 heterocycles. The number of nitrogens with zero attached hydrogens (tertiary/aromatic N) is 2. The number of amides is 1. The molecule has 6 nitrogen and oxygen atoms in total. The molecule has 7 heteroatoms. The van der Waals surface area contributed by atoms with Gasteiger partial charge in [0.25, 0.3) is 5.91 Å². The highest BCUT2D eigenvalue weighted by Crippen LogP contribution is 2.33. The smallest absolute Gasteiger partial charge is 0.273 e. The highest BCUT2D eigenvalue weighted by molar-refractivity contribution is 7.13. The number of β-amino-alcohol motifs (C(OH)–C–C–N with tert-alkyl or cyclic N) is 1. The summed E-state index contributed by atoms with van der Waals surface area (Å²) in [6.45, 7) is 1.04. The van der Waals surface area contributed by atoms with Gasteiger partial charge in [0.15, 0.2) is 11.5 Å². The highest BCUT2D eigenvalue weighted by Gasteiger charge is 2.25. The zero-order valence-electron chi connectivity index (χ0n) is 13.7. The van der Waals surface area contributed by atoms with Crippen LogP contribution >= 0.6 is 11.3 Å². The molecular formula is C17H20N2O4S. The number of rotatable bonds is 4. The topological polar surface area (TPSA) is 71.9 Å². The SMILES string of the molecule is COc1ccc(-c2nc(C(=O)N3CCCC(O)C3)cs2)cc1OC. The lowest BCUT2D eigenvalue weighted by molar-refractivity contribution is 0.0469. The van der Waals surface area contributed by atoms with E-state index in [1.54, 1.807) is 24.5 Å². The molecule has 1 N–H and O–H groups in total. The van der Waals surface area contributed by atoms with Crippen LogP contribution in [-0.4, -0.2) is 54.3 Å². The Labute approximate surface area is 144 Å². The first-order chi connectivity index (χ1) is 11.6. The Morgan fingerprint density at radius 3 is 2.83 bits per heavy atom. The summed E-state index contributed by atoms with van der Waals surface area (Å²) in [5.74, 6) is 1.14. The molecule has 0 bridgehead atoms. The molecule has 1 aliphatic rings. The maximum Gasteiger partial charge on any atom is 0.273 e. The van der Waals surface area contributed by atoms with Crippen LogP contribution in [0.15, 0.2) is 23.6 Å². The molecule has 128 valence electrons. The lowest BCUT2D eigenvalue weighted by atomic mass is 10.1. The Bertz CT molecular complexity index is 731. The summed E-state index contributed by atoms with van der Waals surface area (Å²) in [6.07, 6.45) is 1.13. The Balaban J connectivity index is 1.81. The predicted molar refractivity (Wildman–Crippen MR) is 91.8 cm³/mol. The van der Waals surface area contributed by atoms with Gasteiger partial charge in [-0.3, -0.25) is 4.79 Å². The van der Waals surface area contributed by atoms with Gasteiger partial charge in [-0.05, 0) is 31.0 Å². The normalized spacial score (nSPS) is 17.6. The first-order valence-corrected chi connectivity index (χ1v) is 8.65. The molecule has 0 aliphatic carbocycles. The second kappa shape index (κ2) is 7.19. The van der Waals surface area contributed by atoms with Gasteiger partial charge >= 0.3 is 0 Å². The second-order valence-corrected chi connectivity index (χ2v) is 6.51. The highest BCUT2D eigenvalue weighted by atomic mass is 32.1. The van der Waals surface area contributed by atoms with Crippen LogP contribution < -0.4 is 9.47 Å². The van der Waals surface area contributed by atoms with Gasteiger partial charge in [0.1, 0.15) is 10.7 Å². The van der Waals surface area contributed by atoms with E-state index in [2.05, 4.69) is 4.98 Å². The summed E-state index contributed by atoms with van der Waals surface area (Å²) in [5.41, 5.74) is 1.29. The molecule has 24 heavy (non-hydrogen) atoms. The molecule has 1 atom stereocenters.